The van der Waals surface area contributed by atoms with Crippen molar-refractivity contribution in [2.75, 3.05) is 26.3 Å². The molecule has 0 saturated carbocycles. The number of amides is 1. The molecular weight excluding hydrogens is 218 g/mol. The van der Waals surface area contributed by atoms with Crippen LogP contribution in [0.2, 0.25) is 0 Å². The molecule has 1 aliphatic heterocycles. The molecule has 2 N–H and O–H groups in total. The van der Waals surface area contributed by atoms with Gasteiger partial charge in [0.2, 0.25) is 0 Å². The normalized spacial score (nSPS) is 25.4. The van der Waals surface area contributed by atoms with Gasteiger partial charge in [-0.15, -0.1) is 0 Å². The maximum Gasteiger partial charge on any atom is 0.407 e. The second-order valence-corrected chi connectivity index (χ2v) is 3.43. The number of nitrogens with zero attached hydrogens (tertiary/aromatic N) is 1. The van der Waals surface area contributed by atoms with Crippen molar-refractivity contribution in [2.45, 2.75) is 19.1 Å². The molecule has 0 unspecified atom stereocenters. The first-order valence-corrected chi connectivity index (χ1v) is 4.98. The van der Waals surface area contributed by atoms with Crippen LogP contribution in [0.4, 0.5) is 4.79 Å². The smallest absolute Gasteiger partial charge is 0.407 e. The molecule has 0 aliphatic carbocycles. The van der Waals surface area contributed by atoms with E-state index < -0.39 is 24.3 Å². The van der Waals surface area contributed by atoms with Crippen LogP contribution in [-0.4, -0.2) is 65.7 Å². The first-order chi connectivity index (χ1) is 7.54. The minimum Gasteiger partial charge on any atom is -0.479 e. The Bertz CT molecular complexity index is 247. The Morgan fingerprint density at radius 3 is 2.62 bits per heavy atom. The van der Waals surface area contributed by atoms with Crippen molar-refractivity contribution in [1.82, 2.24) is 4.90 Å². The van der Waals surface area contributed by atoms with Crippen LogP contribution in [0.15, 0.2) is 0 Å². The van der Waals surface area contributed by atoms with Crippen molar-refractivity contribution in [3.8, 4) is 0 Å². The summed E-state index contributed by atoms with van der Waals surface area (Å²) in [6.45, 7) is 2.47. The molecule has 0 bridgehead atoms. The summed E-state index contributed by atoms with van der Waals surface area (Å²) in [7, 11) is 0. The molecule has 7 nitrogen and oxygen atoms in total. The van der Waals surface area contributed by atoms with E-state index in [0.29, 0.717) is 6.61 Å². The molecule has 1 fully saturated rings. The number of hydrogen-bond acceptors (Lipinski definition) is 4. The molecule has 1 rings (SSSR count). The van der Waals surface area contributed by atoms with Crippen LogP contribution < -0.4 is 0 Å². The number of aliphatic carboxylic acids is 1. The van der Waals surface area contributed by atoms with Crippen molar-refractivity contribution in [1.29, 1.82) is 0 Å². The highest BCUT2D eigenvalue weighted by atomic mass is 16.6. The Hall–Kier alpha value is -1.34. The standard InChI is InChI=1S/C9H15NO6/c1-2-15-5-6-3-10(9(13)14)4-7(16-6)8(11)12/h6-7H,2-5H2,1H3,(H,11,12)(H,13,14)/t6-,7+/m0/s1. The van der Waals surface area contributed by atoms with E-state index in [1.165, 1.54) is 0 Å². The monoisotopic (exact) mass is 233 g/mol. The number of rotatable bonds is 4. The zero-order valence-electron chi connectivity index (χ0n) is 8.96. The van der Waals surface area contributed by atoms with Crippen molar-refractivity contribution in [3.63, 3.8) is 0 Å². The fourth-order valence-electron chi connectivity index (χ4n) is 1.47. The summed E-state index contributed by atoms with van der Waals surface area (Å²) < 4.78 is 10.3. The maximum absolute atomic E-state index is 10.8. The number of carboxylic acids is 1. The average molecular weight is 233 g/mol. The molecule has 0 radical (unpaired) electrons. The minimum absolute atomic E-state index is 0.138. The van der Waals surface area contributed by atoms with Crippen LogP contribution in [-0.2, 0) is 14.3 Å². The Kier molecular flexibility index (Phi) is 4.51. The van der Waals surface area contributed by atoms with Crippen LogP contribution >= 0.6 is 0 Å². The second kappa shape index (κ2) is 5.66. The number of hydrogen-bond donors (Lipinski definition) is 2. The third-order valence-electron chi connectivity index (χ3n) is 2.22. The average Bonchev–Trinajstić information content (AvgIpc) is 2.25. The first kappa shape index (κ1) is 12.7. The van der Waals surface area contributed by atoms with Gasteiger partial charge in [-0.3, -0.25) is 0 Å². The lowest BCUT2D eigenvalue weighted by atomic mass is 10.2. The van der Waals surface area contributed by atoms with Crippen molar-refractivity contribution in [3.05, 3.63) is 0 Å². The van der Waals surface area contributed by atoms with Crippen LogP contribution in [0.5, 0.6) is 0 Å². The van der Waals surface area contributed by atoms with Gasteiger partial charge in [-0.1, -0.05) is 0 Å². The zero-order chi connectivity index (χ0) is 12.1. The van der Waals surface area contributed by atoms with Gasteiger partial charge in [0.25, 0.3) is 0 Å². The number of morpholine rings is 1. The van der Waals surface area contributed by atoms with Crippen LogP contribution in [0.1, 0.15) is 6.92 Å². The van der Waals surface area contributed by atoms with Gasteiger partial charge in [-0.2, -0.15) is 0 Å². The molecule has 0 spiro atoms. The Morgan fingerprint density at radius 2 is 2.12 bits per heavy atom. The number of carboxylic acid groups (broad SMARTS) is 2. The molecule has 0 aromatic heterocycles. The molecule has 0 aromatic rings. The third-order valence-corrected chi connectivity index (χ3v) is 2.22. The van der Waals surface area contributed by atoms with E-state index in [-0.39, 0.29) is 19.7 Å². The molecule has 2 atom stereocenters. The van der Waals surface area contributed by atoms with Gasteiger partial charge in [0.1, 0.15) is 0 Å². The lowest BCUT2D eigenvalue weighted by Gasteiger charge is -2.34. The predicted molar refractivity (Wildman–Crippen MR) is 52.4 cm³/mol. The zero-order valence-corrected chi connectivity index (χ0v) is 8.96. The summed E-state index contributed by atoms with van der Waals surface area (Å²) in [5, 5.41) is 17.6. The SMILES string of the molecule is CCOC[C@@H]1CN(C(=O)O)C[C@H](C(=O)O)O1. The summed E-state index contributed by atoms with van der Waals surface area (Å²) in [6.07, 6.45) is -2.78. The summed E-state index contributed by atoms with van der Waals surface area (Å²) in [5.41, 5.74) is 0. The quantitative estimate of drug-likeness (QED) is 0.701. The van der Waals surface area contributed by atoms with E-state index >= 15 is 0 Å². The summed E-state index contributed by atoms with van der Waals surface area (Å²) in [5.74, 6) is -1.16. The molecule has 92 valence electrons. The van der Waals surface area contributed by atoms with Crippen molar-refractivity contribution < 1.29 is 29.3 Å². The highest BCUT2D eigenvalue weighted by Crippen LogP contribution is 2.12. The minimum atomic E-state index is -1.16. The van der Waals surface area contributed by atoms with E-state index in [0.717, 1.165) is 4.90 Å². The highest BCUT2D eigenvalue weighted by molar-refractivity contribution is 5.74. The van der Waals surface area contributed by atoms with Crippen LogP contribution in [0.25, 0.3) is 0 Å². The number of carbonyl (C=O) groups is 2. The lowest BCUT2D eigenvalue weighted by molar-refractivity contribution is -0.166. The first-order valence-electron chi connectivity index (χ1n) is 4.98. The predicted octanol–water partition coefficient (Wildman–Crippen LogP) is -0.145. The largest absolute Gasteiger partial charge is 0.479 e. The molecule has 16 heavy (non-hydrogen) atoms. The summed E-state index contributed by atoms with van der Waals surface area (Å²) >= 11 is 0. The summed E-state index contributed by atoms with van der Waals surface area (Å²) in [4.78, 5) is 22.6. The highest BCUT2D eigenvalue weighted by Gasteiger charge is 2.34. The maximum atomic E-state index is 10.8. The number of ether oxygens (including phenoxy) is 2. The molecule has 1 aliphatic rings. The lowest BCUT2D eigenvalue weighted by Crippen LogP contribution is -2.53. The van der Waals surface area contributed by atoms with Gasteiger partial charge < -0.3 is 24.6 Å². The Morgan fingerprint density at radius 1 is 1.44 bits per heavy atom. The molecular formula is C9H15NO6. The van der Waals surface area contributed by atoms with Gasteiger partial charge in [0.15, 0.2) is 6.10 Å². The molecule has 1 saturated heterocycles. The van der Waals surface area contributed by atoms with E-state index in [9.17, 15) is 9.59 Å². The van der Waals surface area contributed by atoms with E-state index in [1.807, 2.05) is 0 Å². The molecule has 1 heterocycles. The van der Waals surface area contributed by atoms with E-state index in [1.54, 1.807) is 6.92 Å². The topological polar surface area (TPSA) is 96.3 Å². The van der Waals surface area contributed by atoms with Crippen molar-refractivity contribution in [2.24, 2.45) is 0 Å². The molecule has 0 aromatic carbocycles. The molecule has 7 heteroatoms. The van der Waals surface area contributed by atoms with Crippen LogP contribution in [0, 0.1) is 0 Å². The van der Waals surface area contributed by atoms with Gasteiger partial charge in [0.05, 0.1) is 25.8 Å². The Labute approximate surface area is 92.6 Å². The fraction of sp³-hybridized carbons (Fsp3) is 0.778. The van der Waals surface area contributed by atoms with E-state index in [2.05, 4.69) is 0 Å². The van der Waals surface area contributed by atoms with Crippen molar-refractivity contribution >= 4 is 12.1 Å². The van der Waals surface area contributed by atoms with Gasteiger partial charge in [0, 0.05) is 6.61 Å². The second-order valence-electron chi connectivity index (χ2n) is 3.43. The van der Waals surface area contributed by atoms with Gasteiger partial charge in [-0.05, 0) is 6.92 Å². The van der Waals surface area contributed by atoms with Gasteiger partial charge >= 0.3 is 12.1 Å². The Balaban J connectivity index is 2.59. The van der Waals surface area contributed by atoms with Gasteiger partial charge in [-0.25, -0.2) is 9.59 Å². The van der Waals surface area contributed by atoms with E-state index in [4.69, 9.17) is 19.7 Å². The van der Waals surface area contributed by atoms with Crippen LogP contribution in [0.3, 0.4) is 0 Å². The fourth-order valence-corrected chi connectivity index (χ4v) is 1.47. The summed E-state index contributed by atoms with van der Waals surface area (Å²) in [6, 6.07) is 0. The molecule has 1 amide bonds. The third kappa shape index (κ3) is 3.35.